The Morgan fingerprint density at radius 3 is 1.39 bits per heavy atom. The van der Waals surface area contributed by atoms with Crippen LogP contribution in [0.1, 0.15) is 99.0 Å². The third-order valence-electron chi connectivity index (χ3n) is 10.4. The Labute approximate surface area is 409 Å². The van der Waals surface area contributed by atoms with Crippen LogP contribution in [0.25, 0.3) is 0 Å². The lowest BCUT2D eigenvalue weighted by Crippen LogP contribution is -2.58. The van der Waals surface area contributed by atoms with Crippen molar-refractivity contribution in [3.8, 4) is 0 Å². The molecular weight excluding hydrogens is 913 g/mol. The molecule has 24 nitrogen and oxygen atoms in total. The number of carboxylic acids is 1. The first-order chi connectivity index (χ1) is 32.9. The number of unbranched alkanes of at least 4 members (excludes halogenated alkanes) is 1. The molecule has 1 aromatic rings. The number of hydrogen-bond donors (Lipinski definition) is 13. The summed E-state index contributed by atoms with van der Waals surface area (Å²) in [5.74, 6) is -9.66. The van der Waals surface area contributed by atoms with E-state index in [4.69, 9.17) is 17.2 Å². The van der Waals surface area contributed by atoms with Gasteiger partial charge in [-0.1, -0.05) is 71.9 Å². The van der Waals surface area contributed by atoms with Crippen LogP contribution in [-0.4, -0.2) is 139 Å². The average molecular weight is 989 g/mol. The van der Waals surface area contributed by atoms with Crippen LogP contribution in [0, 0.1) is 17.8 Å². The molecule has 10 amide bonds. The van der Waals surface area contributed by atoms with E-state index in [1.165, 1.54) is 6.92 Å². The molecule has 0 saturated carbocycles. The molecule has 70 heavy (non-hydrogen) atoms. The molecule has 1 aromatic carbocycles. The number of nitrogens with one attached hydrogen (secondary N) is 9. The minimum atomic E-state index is -1.61. The van der Waals surface area contributed by atoms with Crippen molar-refractivity contribution in [1.29, 1.82) is 0 Å². The van der Waals surface area contributed by atoms with Gasteiger partial charge in [-0.3, -0.25) is 47.9 Å². The number of carbonyl (C=O) groups is 11. The molecule has 0 spiro atoms. The van der Waals surface area contributed by atoms with E-state index in [-0.39, 0.29) is 56.4 Å². The van der Waals surface area contributed by atoms with Gasteiger partial charge >= 0.3 is 5.97 Å². The number of aliphatic carboxylic acids is 1. The minimum Gasteiger partial charge on any atom is -0.480 e. The topological polar surface area (TPSA) is 394 Å². The first kappa shape index (κ1) is 61.3. The van der Waals surface area contributed by atoms with Gasteiger partial charge in [-0.15, -0.1) is 0 Å². The second kappa shape index (κ2) is 32.2. The molecule has 0 saturated heterocycles. The summed E-state index contributed by atoms with van der Waals surface area (Å²) in [7, 11) is 0. The Balaban J connectivity index is 3.07. The highest BCUT2D eigenvalue weighted by Gasteiger charge is 2.33. The van der Waals surface area contributed by atoms with Crippen LogP contribution in [0.2, 0.25) is 0 Å². The molecule has 7 atom stereocenters. The summed E-state index contributed by atoms with van der Waals surface area (Å²) in [5.41, 5.74) is 16.9. The molecule has 1 rings (SSSR count). The van der Waals surface area contributed by atoms with E-state index in [2.05, 4.69) is 47.9 Å². The lowest BCUT2D eigenvalue weighted by atomic mass is 9.99. The monoisotopic (exact) mass is 989 g/mol. The van der Waals surface area contributed by atoms with Crippen LogP contribution < -0.4 is 65.1 Å². The quantitative estimate of drug-likeness (QED) is 0.0314. The second-order valence-corrected chi connectivity index (χ2v) is 18.3. The molecule has 392 valence electrons. The predicted molar refractivity (Wildman–Crippen MR) is 257 cm³/mol. The Morgan fingerprint density at radius 2 is 0.929 bits per heavy atom. The third kappa shape index (κ3) is 25.1. The zero-order chi connectivity index (χ0) is 53.1. The summed E-state index contributed by atoms with van der Waals surface area (Å²) < 4.78 is 0. The van der Waals surface area contributed by atoms with Crippen molar-refractivity contribution < 1.29 is 57.8 Å². The van der Waals surface area contributed by atoms with Gasteiger partial charge in [0.25, 0.3) is 0 Å². The molecule has 24 heteroatoms. The Bertz CT molecular complexity index is 1930. The largest absolute Gasteiger partial charge is 0.480 e. The summed E-state index contributed by atoms with van der Waals surface area (Å²) in [6.45, 7) is 10.8. The highest BCUT2D eigenvalue weighted by Crippen LogP contribution is 2.11. The fraction of sp³-hybridized carbons (Fsp3) is 0.630. The Kier molecular flexibility index (Phi) is 28.2. The first-order valence-electron chi connectivity index (χ1n) is 23.5. The van der Waals surface area contributed by atoms with Crippen LogP contribution in [0.3, 0.4) is 0 Å². The van der Waals surface area contributed by atoms with Crippen molar-refractivity contribution in [2.75, 3.05) is 26.2 Å². The number of carboxylic acid groups (broad SMARTS) is 1. The molecule has 0 fully saturated rings. The standard InChI is InChI=1S/C46H76N12O12/c1-25(2)17-31(41(64)50-24-39(62)54-32(18-26(3)4)43(66)57-33(19-27(5)6)44(67)55-30(46(69)70)15-11-12-16-47)53-38(61)23-51-42(65)35(21-36(49)59)58-45(68)34(20-29-13-9-8-10-14-29)56-40(63)28(7)52-37(60)22-48/h8-10,13-14,25-28,30-35H,11-12,15-24,47-48H2,1-7H3,(H2,49,59)(H,50,64)(H,51,65)(H,52,60)(H,53,61)(H,54,62)(H,55,67)(H,56,63)(H,57,66)(H,58,68)(H,69,70)/t28-,30-,31-,32-,33-,34-,35-/m0/s1. The summed E-state index contributed by atoms with van der Waals surface area (Å²) >= 11 is 0. The van der Waals surface area contributed by atoms with Crippen LogP contribution in [0.5, 0.6) is 0 Å². The van der Waals surface area contributed by atoms with Gasteiger partial charge in [0.05, 0.1) is 26.1 Å². The lowest BCUT2D eigenvalue weighted by molar-refractivity contribution is -0.142. The zero-order valence-electron chi connectivity index (χ0n) is 41.3. The molecule has 0 aromatic heterocycles. The number of hydrogen-bond acceptors (Lipinski definition) is 13. The maximum Gasteiger partial charge on any atom is 0.326 e. The number of benzene rings is 1. The fourth-order valence-corrected chi connectivity index (χ4v) is 6.88. The molecular formula is C46H76N12O12. The normalized spacial score (nSPS) is 14.1. The number of primary amides is 1. The molecule has 0 aliphatic heterocycles. The van der Waals surface area contributed by atoms with Gasteiger partial charge in [-0.05, 0) is 75.3 Å². The van der Waals surface area contributed by atoms with Gasteiger partial charge in [0.15, 0.2) is 0 Å². The molecule has 16 N–H and O–H groups in total. The van der Waals surface area contributed by atoms with Gasteiger partial charge in [0, 0.05) is 6.42 Å². The van der Waals surface area contributed by atoms with Crippen molar-refractivity contribution in [3.05, 3.63) is 35.9 Å². The van der Waals surface area contributed by atoms with Crippen LogP contribution >= 0.6 is 0 Å². The fourth-order valence-electron chi connectivity index (χ4n) is 6.88. The summed E-state index contributed by atoms with van der Waals surface area (Å²) in [5, 5.41) is 32.0. The van der Waals surface area contributed by atoms with Crippen molar-refractivity contribution in [2.45, 2.75) is 142 Å². The predicted octanol–water partition coefficient (Wildman–Crippen LogP) is -2.94. The smallest absolute Gasteiger partial charge is 0.326 e. The summed E-state index contributed by atoms with van der Waals surface area (Å²) in [4.78, 5) is 142. The Hall–Kier alpha value is -6.69. The maximum atomic E-state index is 13.6. The number of rotatable bonds is 33. The molecule has 0 radical (unpaired) electrons. The van der Waals surface area contributed by atoms with E-state index in [0.717, 1.165) is 0 Å². The van der Waals surface area contributed by atoms with E-state index in [1.807, 2.05) is 27.7 Å². The van der Waals surface area contributed by atoms with E-state index >= 15 is 0 Å². The van der Waals surface area contributed by atoms with Gasteiger partial charge in [0.2, 0.25) is 59.1 Å². The first-order valence-corrected chi connectivity index (χ1v) is 23.5. The third-order valence-corrected chi connectivity index (χ3v) is 10.4. The molecule has 0 aliphatic rings. The van der Waals surface area contributed by atoms with E-state index in [0.29, 0.717) is 24.9 Å². The highest BCUT2D eigenvalue weighted by molar-refractivity contribution is 5.98. The number of nitrogens with two attached hydrogens (primary N) is 3. The zero-order valence-corrected chi connectivity index (χ0v) is 41.3. The Morgan fingerprint density at radius 1 is 0.500 bits per heavy atom. The molecule has 0 heterocycles. The summed E-state index contributed by atoms with van der Waals surface area (Å²) in [6.07, 6.45) is 0.786. The highest BCUT2D eigenvalue weighted by atomic mass is 16.4. The lowest BCUT2D eigenvalue weighted by Gasteiger charge is -2.26. The molecule has 0 bridgehead atoms. The average Bonchev–Trinajstić information content (AvgIpc) is 3.27. The molecule has 0 aliphatic carbocycles. The van der Waals surface area contributed by atoms with Crippen molar-refractivity contribution >= 4 is 65.0 Å². The number of amides is 10. The van der Waals surface area contributed by atoms with Crippen molar-refractivity contribution in [2.24, 2.45) is 35.0 Å². The molecule has 0 unspecified atom stereocenters. The van der Waals surface area contributed by atoms with Crippen LogP contribution in [0.15, 0.2) is 30.3 Å². The second-order valence-electron chi connectivity index (χ2n) is 18.3. The van der Waals surface area contributed by atoms with Gasteiger partial charge in [0.1, 0.15) is 42.3 Å². The van der Waals surface area contributed by atoms with Crippen LogP contribution in [0.4, 0.5) is 0 Å². The summed E-state index contributed by atoms with van der Waals surface area (Å²) in [6, 6.07) is -0.202. The van der Waals surface area contributed by atoms with Crippen molar-refractivity contribution in [3.63, 3.8) is 0 Å². The van der Waals surface area contributed by atoms with E-state index in [9.17, 15) is 57.8 Å². The SMILES string of the molecule is CC(C)C[C@H](NC(=O)CNC(=O)[C@H](CC(N)=O)NC(=O)[C@H](Cc1ccccc1)NC(=O)[C@H](C)NC(=O)CN)C(=O)NCC(=O)N[C@@H](CC(C)C)C(=O)N[C@@H](CC(C)C)C(=O)N[C@@H](CCCCN)C(=O)O. The minimum absolute atomic E-state index is 0.0638. The van der Waals surface area contributed by atoms with Gasteiger partial charge < -0.3 is 70.2 Å². The van der Waals surface area contributed by atoms with Gasteiger partial charge in [-0.2, -0.15) is 0 Å². The van der Waals surface area contributed by atoms with Crippen LogP contribution in [-0.2, 0) is 59.2 Å². The van der Waals surface area contributed by atoms with E-state index < -0.39 is 127 Å². The van der Waals surface area contributed by atoms with Crippen molar-refractivity contribution in [1.82, 2.24) is 47.9 Å². The van der Waals surface area contributed by atoms with Gasteiger partial charge in [-0.25, -0.2) is 4.79 Å². The maximum absolute atomic E-state index is 13.6. The van der Waals surface area contributed by atoms with E-state index in [1.54, 1.807) is 44.2 Å². The number of carbonyl (C=O) groups excluding carboxylic acids is 10.